The molecule has 0 aliphatic carbocycles. The summed E-state index contributed by atoms with van der Waals surface area (Å²) in [4.78, 5) is 29.8. The third kappa shape index (κ3) is 2.68. The summed E-state index contributed by atoms with van der Waals surface area (Å²) in [6, 6.07) is 6.70. The third-order valence-electron chi connectivity index (χ3n) is 2.86. The molecule has 2 aromatic heterocycles. The number of halogens is 1. The first-order chi connectivity index (χ1) is 10.2. The summed E-state index contributed by atoms with van der Waals surface area (Å²) in [5, 5.41) is 2.12. The maximum absolute atomic E-state index is 11.8. The van der Waals surface area contributed by atoms with Crippen molar-refractivity contribution in [2.45, 2.75) is 6.61 Å². The first-order valence-corrected chi connectivity index (χ1v) is 7.27. The van der Waals surface area contributed by atoms with E-state index >= 15 is 0 Å². The number of nitrogens with one attached hydrogen (secondary N) is 1. The molecular formula is C14H9ClN2O3S. The van der Waals surface area contributed by atoms with Crippen LogP contribution in [0.1, 0.15) is 16.2 Å². The molecule has 1 aromatic carbocycles. The second-order valence-corrected chi connectivity index (χ2v) is 5.53. The fraction of sp³-hybridized carbons (Fsp3) is 0.0714. The molecule has 0 saturated carbocycles. The number of hydrogen-bond acceptors (Lipinski definition) is 5. The number of aldehydes is 1. The summed E-state index contributed by atoms with van der Waals surface area (Å²) in [6.07, 6.45) is 0.635. The van der Waals surface area contributed by atoms with Crippen LogP contribution in [0, 0.1) is 0 Å². The van der Waals surface area contributed by atoms with Gasteiger partial charge in [0, 0.05) is 0 Å². The largest absolute Gasteiger partial charge is 0.485 e. The van der Waals surface area contributed by atoms with E-state index < -0.39 is 0 Å². The van der Waals surface area contributed by atoms with Crippen LogP contribution in [-0.2, 0) is 6.61 Å². The van der Waals surface area contributed by atoms with Crippen molar-refractivity contribution in [1.82, 2.24) is 9.97 Å². The number of nitrogens with zero attached hydrogens (tertiary/aromatic N) is 1. The molecular weight excluding hydrogens is 312 g/mol. The molecule has 0 radical (unpaired) electrons. The smallest absolute Gasteiger partial charge is 0.268 e. The summed E-state index contributed by atoms with van der Waals surface area (Å²) in [6.45, 7) is 0.0439. The van der Waals surface area contributed by atoms with Gasteiger partial charge in [0.05, 0.1) is 16.1 Å². The predicted molar refractivity (Wildman–Crippen MR) is 81.4 cm³/mol. The molecule has 21 heavy (non-hydrogen) atoms. The molecule has 106 valence electrons. The van der Waals surface area contributed by atoms with Gasteiger partial charge in [0.25, 0.3) is 5.56 Å². The van der Waals surface area contributed by atoms with Gasteiger partial charge in [-0.05, 0) is 23.6 Å². The van der Waals surface area contributed by atoms with E-state index in [4.69, 9.17) is 16.3 Å². The Balaban J connectivity index is 1.88. The molecule has 0 aliphatic rings. The van der Waals surface area contributed by atoms with E-state index in [0.717, 1.165) is 0 Å². The molecule has 3 rings (SSSR count). The monoisotopic (exact) mass is 320 g/mol. The Hall–Kier alpha value is -2.18. The number of fused-ring (bicyclic) bond motifs is 1. The standard InChI is InChI=1S/C14H9ClN2O3S/c15-9-2-1-3-11(8(9)6-18)20-7-12-16-10-4-5-21-13(10)14(19)17-12/h1-6H,7H2,(H,16,17,19). The molecule has 5 nitrogen and oxygen atoms in total. The van der Waals surface area contributed by atoms with Gasteiger partial charge in [0.15, 0.2) is 6.29 Å². The number of carbonyl (C=O) groups excluding carboxylic acids is 1. The highest BCUT2D eigenvalue weighted by atomic mass is 35.5. The Bertz CT molecular complexity index is 872. The minimum absolute atomic E-state index is 0.0439. The van der Waals surface area contributed by atoms with Crippen LogP contribution >= 0.6 is 22.9 Å². The molecule has 0 unspecified atom stereocenters. The average molecular weight is 321 g/mol. The molecule has 3 aromatic rings. The molecule has 0 aliphatic heterocycles. The topological polar surface area (TPSA) is 72.0 Å². The fourth-order valence-electron chi connectivity index (χ4n) is 1.89. The first kappa shape index (κ1) is 13.8. The van der Waals surface area contributed by atoms with Crippen LogP contribution in [0.4, 0.5) is 0 Å². The van der Waals surface area contributed by atoms with E-state index in [1.54, 1.807) is 29.6 Å². The summed E-state index contributed by atoms with van der Waals surface area (Å²) < 4.78 is 6.11. The lowest BCUT2D eigenvalue weighted by atomic mass is 10.2. The van der Waals surface area contributed by atoms with E-state index in [0.29, 0.717) is 33.1 Å². The summed E-state index contributed by atoms with van der Waals surface area (Å²) in [5.41, 5.74) is 0.706. The van der Waals surface area contributed by atoms with E-state index in [1.165, 1.54) is 11.3 Å². The zero-order valence-corrected chi connectivity index (χ0v) is 12.2. The zero-order valence-electron chi connectivity index (χ0n) is 10.6. The summed E-state index contributed by atoms with van der Waals surface area (Å²) in [5.74, 6) is 0.744. The maximum atomic E-state index is 11.8. The van der Waals surface area contributed by atoms with E-state index in [-0.39, 0.29) is 17.7 Å². The van der Waals surface area contributed by atoms with Crippen LogP contribution in [0.25, 0.3) is 10.2 Å². The Morgan fingerprint density at radius 1 is 1.38 bits per heavy atom. The average Bonchev–Trinajstić information content (AvgIpc) is 2.94. The molecule has 0 atom stereocenters. The van der Waals surface area contributed by atoms with Gasteiger partial charge in [-0.25, -0.2) is 4.98 Å². The zero-order chi connectivity index (χ0) is 14.8. The molecule has 1 N–H and O–H groups in total. The van der Waals surface area contributed by atoms with E-state index in [1.807, 2.05) is 0 Å². The van der Waals surface area contributed by atoms with Crippen molar-refractivity contribution in [2.75, 3.05) is 0 Å². The van der Waals surface area contributed by atoms with Crippen LogP contribution < -0.4 is 10.3 Å². The van der Waals surface area contributed by atoms with Crippen molar-refractivity contribution in [3.8, 4) is 5.75 Å². The number of rotatable bonds is 4. The van der Waals surface area contributed by atoms with Gasteiger partial charge in [0.2, 0.25) is 0 Å². The van der Waals surface area contributed by atoms with Crippen molar-refractivity contribution < 1.29 is 9.53 Å². The highest BCUT2D eigenvalue weighted by Gasteiger charge is 2.09. The molecule has 0 spiro atoms. The minimum Gasteiger partial charge on any atom is -0.485 e. The summed E-state index contributed by atoms with van der Waals surface area (Å²) in [7, 11) is 0. The molecule has 2 heterocycles. The Morgan fingerprint density at radius 3 is 3.05 bits per heavy atom. The van der Waals surface area contributed by atoms with Crippen molar-refractivity contribution in [3.05, 3.63) is 56.4 Å². The Morgan fingerprint density at radius 2 is 2.24 bits per heavy atom. The number of benzene rings is 1. The van der Waals surface area contributed by atoms with Crippen LogP contribution in [0.3, 0.4) is 0 Å². The lowest BCUT2D eigenvalue weighted by Gasteiger charge is -2.08. The van der Waals surface area contributed by atoms with Gasteiger partial charge in [0.1, 0.15) is 22.9 Å². The van der Waals surface area contributed by atoms with Gasteiger partial charge < -0.3 is 9.72 Å². The lowest BCUT2D eigenvalue weighted by molar-refractivity contribution is 0.111. The number of hydrogen-bond donors (Lipinski definition) is 1. The Kier molecular flexibility index (Phi) is 3.72. The molecule has 0 saturated heterocycles. The first-order valence-electron chi connectivity index (χ1n) is 6.02. The van der Waals surface area contributed by atoms with E-state index in [9.17, 15) is 9.59 Å². The second-order valence-electron chi connectivity index (χ2n) is 4.21. The van der Waals surface area contributed by atoms with Crippen LogP contribution in [0.2, 0.25) is 5.02 Å². The van der Waals surface area contributed by atoms with Gasteiger partial charge in [-0.1, -0.05) is 17.7 Å². The van der Waals surface area contributed by atoms with Crippen LogP contribution in [-0.4, -0.2) is 16.3 Å². The summed E-state index contributed by atoms with van der Waals surface area (Å²) >= 11 is 7.25. The second kappa shape index (κ2) is 5.67. The van der Waals surface area contributed by atoms with Crippen molar-refractivity contribution in [3.63, 3.8) is 0 Å². The molecule has 7 heteroatoms. The molecule has 0 fully saturated rings. The third-order valence-corrected chi connectivity index (χ3v) is 4.09. The van der Waals surface area contributed by atoms with Crippen molar-refractivity contribution in [1.29, 1.82) is 0 Å². The van der Waals surface area contributed by atoms with E-state index in [2.05, 4.69) is 9.97 Å². The lowest BCUT2D eigenvalue weighted by Crippen LogP contribution is -2.12. The van der Waals surface area contributed by atoms with Crippen molar-refractivity contribution in [2.24, 2.45) is 0 Å². The number of aromatic nitrogens is 2. The van der Waals surface area contributed by atoms with Gasteiger partial charge in [-0.15, -0.1) is 11.3 Å². The van der Waals surface area contributed by atoms with Gasteiger partial charge >= 0.3 is 0 Å². The van der Waals surface area contributed by atoms with Crippen molar-refractivity contribution >= 4 is 39.4 Å². The highest BCUT2D eigenvalue weighted by Crippen LogP contribution is 2.25. The maximum Gasteiger partial charge on any atom is 0.268 e. The molecule has 0 bridgehead atoms. The fourth-order valence-corrected chi connectivity index (χ4v) is 2.83. The van der Waals surface area contributed by atoms with Crippen LogP contribution in [0.15, 0.2) is 34.4 Å². The number of H-pyrrole nitrogens is 1. The number of thiophene rings is 1. The van der Waals surface area contributed by atoms with Crippen LogP contribution in [0.5, 0.6) is 5.75 Å². The molecule has 0 amide bonds. The highest BCUT2D eigenvalue weighted by molar-refractivity contribution is 7.17. The minimum atomic E-state index is -0.199. The normalized spacial score (nSPS) is 10.7. The number of carbonyl (C=O) groups is 1. The van der Waals surface area contributed by atoms with Gasteiger partial charge in [-0.3, -0.25) is 9.59 Å². The quantitative estimate of drug-likeness (QED) is 0.750. The SMILES string of the molecule is O=Cc1c(Cl)cccc1OCc1nc2ccsc2c(=O)[nH]1. The van der Waals surface area contributed by atoms with Gasteiger partial charge in [-0.2, -0.15) is 0 Å². The number of ether oxygens (including phenoxy) is 1. The predicted octanol–water partition coefficient (Wildman–Crippen LogP) is 3.03. The number of aromatic amines is 1. The Labute approximate surface area is 128 Å².